The van der Waals surface area contributed by atoms with Crippen LogP contribution < -0.4 is 10.1 Å². The van der Waals surface area contributed by atoms with Gasteiger partial charge in [0.05, 0.1) is 24.9 Å². The quantitative estimate of drug-likeness (QED) is 0.795. The Bertz CT molecular complexity index is 400. The third kappa shape index (κ3) is 2.56. The second kappa shape index (κ2) is 6.59. The largest absolute Gasteiger partial charge is 0.493 e. The smallest absolute Gasteiger partial charge is 0.161 e. The summed E-state index contributed by atoms with van der Waals surface area (Å²) in [6.07, 6.45) is 6.30. The lowest BCUT2D eigenvalue weighted by molar-refractivity contribution is -0.102. The van der Waals surface area contributed by atoms with Crippen LogP contribution in [0.2, 0.25) is 0 Å². The minimum absolute atomic E-state index is 0.116. The van der Waals surface area contributed by atoms with Crippen LogP contribution in [0.25, 0.3) is 0 Å². The molecular formula is C15H27N3O2. The summed E-state index contributed by atoms with van der Waals surface area (Å²) in [6, 6.07) is 0.138. The first-order valence-electron chi connectivity index (χ1n) is 7.60. The normalized spacial score (nSPS) is 18.6. The highest BCUT2D eigenvalue weighted by molar-refractivity contribution is 5.31. The Morgan fingerprint density at radius 2 is 2.15 bits per heavy atom. The molecule has 5 heteroatoms. The molecule has 1 saturated carbocycles. The number of hydrogen-bond acceptors (Lipinski definition) is 4. The monoisotopic (exact) mass is 281 g/mol. The molecule has 1 fully saturated rings. The van der Waals surface area contributed by atoms with Crippen molar-refractivity contribution in [1.82, 2.24) is 15.1 Å². The molecule has 0 radical (unpaired) electrons. The van der Waals surface area contributed by atoms with Crippen molar-refractivity contribution in [3.63, 3.8) is 0 Å². The van der Waals surface area contributed by atoms with Crippen LogP contribution in [0.5, 0.6) is 5.75 Å². The van der Waals surface area contributed by atoms with E-state index >= 15 is 0 Å². The fourth-order valence-electron chi connectivity index (χ4n) is 3.03. The zero-order valence-corrected chi connectivity index (χ0v) is 13.1. The molecule has 5 nitrogen and oxygen atoms in total. The van der Waals surface area contributed by atoms with Crippen LogP contribution in [0.15, 0.2) is 6.20 Å². The molecule has 1 aromatic heterocycles. The van der Waals surface area contributed by atoms with Crippen molar-refractivity contribution < 1.29 is 9.47 Å². The van der Waals surface area contributed by atoms with Crippen LogP contribution in [0.3, 0.4) is 0 Å². The van der Waals surface area contributed by atoms with Crippen LogP contribution in [0.4, 0.5) is 0 Å². The lowest BCUT2D eigenvalue weighted by atomic mass is 9.73. The molecule has 0 saturated heterocycles. The number of aryl methyl sites for hydroxylation is 1. The van der Waals surface area contributed by atoms with Gasteiger partial charge in [-0.05, 0) is 39.2 Å². The Morgan fingerprint density at radius 3 is 2.60 bits per heavy atom. The fourth-order valence-corrected chi connectivity index (χ4v) is 3.03. The van der Waals surface area contributed by atoms with Gasteiger partial charge in [-0.2, -0.15) is 5.10 Å². The molecular weight excluding hydrogens is 254 g/mol. The SMILES string of the molecule is CCCNC(c1c(OC)cnn1CC)C1(OC)CCC1. The predicted molar refractivity (Wildman–Crippen MR) is 79.1 cm³/mol. The van der Waals surface area contributed by atoms with E-state index in [4.69, 9.17) is 9.47 Å². The minimum Gasteiger partial charge on any atom is -0.493 e. The second-order valence-corrected chi connectivity index (χ2v) is 5.42. The zero-order valence-electron chi connectivity index (χ0n) is 13.1. The van der Waals surface area contributed by atoms with E-state index in [2.05, 4.69) is 24.3 Å². The van der Waals surface area contributed by atoms with Crippen molar-refractivity contribution in [1.29, 1.82) is 0 Å². The molecule has 1 N–H and O–H groups in total. The van der Waals surface area contributed by atoms with Gasteiger partial charge in [0.25, 0.3) is 0 Å². The summed E-state index contributed by atoms with van der Waals surface area (Å²) in [6.45, 7) is 6.09. The number of methoxy groups -OCH3 is 2. The van der Waals surface area contributed by atoms with Crippen molar-refractivity contribution in [2.75, 3.05) is 20.8 Å². The van der Waals surface area contributed by atoms with Gasteiger partial charge in [0.2, 0.25) is 0 Å². The molecule has 1 aliphatic carbocycles. The van der Waals surface area contributed by atoms with Crippen molar-refractivity contribution in [2.45, 2.75) is 57.7 Å². The third-order valence-corrected chi connectivity index (χ3v) is 4.37. The first kappa shape index (κ1) is 15.3. The van der Waals surface area contributed by atoms with Gasteiger partial charge in [0, 0.05) is 13.7 Å². The van der Waals surface area contributed by atoms with Gasteiger partial charge in [-0.3, -0.25) is 4.68 Å². The summed E-state index contributed by atoms with van der Waals surface area (Å²) < 4.78 is 13.4. The highest BCUT2D eigenvalue weighted by Crippen LogP contribution is 2.46. The Morgan fingerprint density at radius 1 is 1.40 bits per heavy atom. The van der Waals surface area contributed by atoms with E-state index in [1.807, 2.05) is 18.0 Å². The Balaban J connectivity index is 2.37. The van der Waals surface area contributed by atoms with Crippen LogP contribution in [0.1, 0.15) is 51.3 Å². The van der Waals surface area contributed by atoms with Gasteiger partial charge in [-0.15, -0.1) is 0 Å². The molecule has 20 heavy (non-hydrogen) atoms. The molecule has 1 aromatic rings. The number of rotatable bonds is 8. The number of aromatic nitrogens is 2. The number of nitrogens with zero attached hydrogens (tertiary/aromatic N) is 2. The maximum absolute atomic E-state index is 5.90. The summed E-state index contributed by atoms with van der Waals surface area (Å²) in [7, 11) is 3.52. The van der Waals surface area contributed by atoms with Gasteiger partial charge in [0.1, 0.15) is 5.69 Å². The average molecular weight is 281 g/mol. The van der Waals surface area contributed by atoms with E-state index in [0.717, 1.165) is 43.8 Å². The van der Waals surface area contributed by atoms with E-state index in [-0.39, 0.29) is 11.6 Å². The fraction of sp³-hybridized carbons (Fsp3) is 0.800. The van der Waals surface area contributed by atoms with Crippen LogP contribution in [-0.4, -0.2) is 36.1 Å². The molecule has 1 aliphatic rings. The third-order valence-electron chi connectivity index (χ3n) is 4.37. The summed E-state index contributed by atoms with van der Waals surface area (Å²) in [5.41, 5.74) is 1.00. The Labute approximate surface area is 121 Å². The van der Waals surface area contributed by atoms with Gasteiger partial charge < -0.3 is 14.8 Å². The zero-order chi connectivity index (χ0) is 14.6. The minimum atomic E-state index is -0.116. The van der Waals surface area contributed by atoms with E-state index in [9.17, 15) is 0 Å². The summed E-state index contributed by atoms with van der Waals surface area (Å²) >= 11 is 0. The first-order chi connectivity index (χ1) is 9.72. The van der Waals surface area contributed by atoms with Gasteiger partial charge in [0.15, 0.2) is 5.75 Å². The topological polar surface area (TPSA) is 48.3 Å². The lowest BCUT2D eigenvalue weighted by Crippen LogP contribution is -2.51. The maximum Gasteiger partial charge on any atom is 0.161 e. The Kier molecular flexibility index (Phi) is 5.05. The standard InChI is InChI=1S/C15H27N3O2/c1-5-10-16-14(15(20-4)8-7-9-15)13-12(19-3)11-17-18(13)6-2/h11,14,16H,5-10H2,1-4H3. The second-order valence-electron chi connectivity index (χ2n) is 5.42. The summed E-state index contributed by atoms with van der Waals surface area (Å²) in [5, 5.41) is 8.09. The number of nitrogens with one attached hydrogen (secondary N) is 1. The molecule has 2 rings (SSSR count). The van der Waals surface area contributed by atoms with Gasteiger partial charge >= 0.3 is 0 Å². The van der Waals surface area contributed by atoms with Crippen molar-refractivity contribution >= 4 is 0 Å². The van der Waals surface area contributed by atoms with Crippen molar-refractivity contribution in [2.24, 2.45) is 0 Å². The van der Waals surface area contributed by atoms with Crippen LogP contribution in [0, 0.1) is 0 Å². The molecule has 1 atom stereocenters. The molecule has 0 amide bonds. The first-order valence-corrected chi connectivity index (χ1v) is 7.60. The molecule has 0 aromatic carbocycles. The van der Waals surface area contributed by atoms with Crippen molar-refractivity contribution in [3.05, 3.63) is 11.9 Å². The van der Waals surface area contributed by atoms with E-state index in [0.29, 0.717) is 0 Å². The van der Waals surface area contributed by atoms with Crippen molar-refractivity contribution in [3.8, 4) is 5.75 Å². The van der Waals surface area contributed by atoms with Crippen LogP contribution >= 0.6 is 0 Å². The van der Waals surface area contributed by atoms with Gasteiger partial charge in [-0.1, -0.05) is 6.92 Å². The van der Waals surface area contributed by atoms with E-state index in [1.54, 1.807) is 7.11 Å². The molecule has 1 heterocycles. The molecule has 0 spiro atoms. The highest BCUT2D eigenvalue weighted by atomic mass is 16.5. The predicted octanol–water partition coefficient (Wildman–Crippen LogP) is 2.52. The lowest BCUT2D eigenvalue weighted by Gasteiger charge is -2.47. The summed E-state index contributed by atoms with van der Waals surface area (Å²) in [4.78, 5) is 0. The molecule has 114 valence electrons. The summed E-state index contributed by atoms with van der Waals surface area (Å²) in [5.74, 6) is 0.851. The van der Waals surface area contributed by atoms with Crippen LogP contribution in [-0.2, 0) is 11.3 Å². The van der Waals surface area contributed by atoms with E-state index in [1.165, 1.54) is 6.42 Å². The maximum atomic E-state index is 5.90. The highest BCUT2D eigenvalue weighted by Gasteiger charge is 2.47. The molecule has 0 bridgehead atoms. The van der Waals surface area contributed by atoms with Gasteiger partial charge in [-0.25, -0.2) is 0 Å². The molecule has 0 aliphatic heterocycles. The number of ether oxygens (including phenoxy) is 2. The average Bonchev–Trinajstić information content (AvgIpc) is 2.84. The number of hydrogen-bond donors (Lipinski definition) is 1. The van der Waals surface area contributed by atoms with E-state index < -0.39 is 0 Å². The molecule has 1 unspecified atom stereocenters. The Hall–Kier alpha value is -1.07.